The van der Waals surface area contributed by atoms with Gasteiger partial charge in [-0.1, -0.05) is 45.9 Å². The maximum Gasteiger partial charge on any atom is 0.338 e. The molecule has 0 bridgehead atoms. The molecule has 5 nitrogen and oxygen atoms in total. The highest BCUT2D eigenvalue weighted by Crippen LogP contribution is 2.24. The van der Waals surface area contributed by atoms with E-state index >= 15 is 0 Å². The lowest BCUT2D eigenvalue weighted by molar-refractivity contribution is -0.116. The molecule has 0 spiro atoms. The zero-order valence-corrected chi connectivity index (χ0v) is 17.8. The molecule has 0 radical (unpaired) electrons. The fraction of sp³-hybridized carbons (Fsp3) is 0.417. The summed E-state index contributed by atoms with van der Waals surface area (Å²) in [7, 11) is 0. The third-order valence-corrected chi connectivity index (χ3v) is 4.36. The number of esters is 1. The van der Waals surface area contributed by atoms with Crippen LogP contribution < -0.4 is 10.1 Å². The Balaban J connectivity index is 1.75. The molecule has 1 amide bonds. The fourth-order valence-electron chi connectivity index (χ4n) is 2.70. The minimum absolute atomic E-state index is 0.112. The summed E-state index contributed by atoms with van der Waals surface area (Å²) in [6, 6.07) is 14.8. The van der Waals surface area contributed by atoms with Crippen LogP contribution in [-0.4, -0.2) is 25.1 Å². The number of anilines is 1. The van der Waals surface area contributed by atoms with E-state index in [0.717, 1.165) is 12.2 Å². The Morgan fingerprint density at radius 1 is 1.00 bits per heavy atom. The summed E-state index contributed by atoms with van der Waals surface area (Å²) in [6.07, 6.45) is 1.71. The van der Waals surface area contributed by atoms with Crippen molar-refractivity contribution in [3.63, 3.8) is 0 Å². The topological polar surface area (TPSA) is 64.6 Å². The molecule has 0 aliphatic heterocycles. The van der Waals surface area contributed by atoms with Gasteiger partial charge in [0.1, 0.15) is 5.75 Å². The summed E-state index contributed by atoms with van der Waals surface area (Å²) in [5, 5.41) is 2.81. The monoisotopic (exact) mass is 397 g/mol. The predicted octanol–water partition coefficient (Wildman–Crippen LogP) is 5.35. The van der Waals surface area contributed by atoms with Gasteiger partial charge in [-0.15, -0.1) is 0 Å². The van der Waals surface area contributed by atoms with E-state index in [9.17, 15) is 9.59 Å². The number of rotatable bonds is 9. The maximum absolute atomic E-state index is 12.1. The number of carbonyl (C=O) groups excluding carboxylic acids is 2. The van der Waals surface area contributed by atoms with Gasteiger partial charge in [0, 0.05) is 12.1 Å². The van der Waals surface area contributed by atoms with Gasteiger partial charge in [0.25, 0.3) is 0 Å². The van der Waals surface area contributed by atoms with Crippen molar-refractivity contribution in [3.8, 4) is 5.75 Å². The summed E-state index contributed by atoms with van der Waals surface area (Å²) < 4.78 is 10.8. The Labute approximate surface area is 173 Å². The van der Waals surface area contributed by atoms with E-state index in [1.54, 1.807) is 24.3 Å². The van der Waals surface area contributed by atoms with Gasteiger partial charge in [0.2, 0.25) is 5.91 Å². The Kier molecular flexibility index (Phi) is 8.25. The van der Waals surface area contributed by atoms with Crippen LogP contribution in [0.1, 0.15) is 62.9 Å². The molecule has 0 atom stereocenters. The molecule has 29 heavy (non-hydrogen) atoms. The van der Waals surface area contributed by atoms with Crippen LogP contribution in [0.2, 0.25) is 0 Å². The smallest absolute Gasteiger partial charge is 0.338 e. The molecule has 2 rings (SSSR count). The molecule has 1 N–H and O–H groups in total. The molecular formula is C24H31NO4. The first-order valence-electron chi connectivity index (χ1n) is 10.1. The summed E-state index contributed by atoms with van der Waals surface area (Å²) in [5.74, 6) is 0.307. The zero-order chi connectivity index (χ0) is 21.3. The van der Waals surface area contributed by atoms with Crippen molar-refractivity contribution >= 4 is 17.6 Å². The van der Waals surface area contributed by atoms with Crippen molar-refractivity contribution in [1.29, 1.82) is 0 Å². The van der Waals surface area contributed by atoms with Crippen molar-refractivity contribution in [2.75, 3.05) is 18.5 Å². The lowest BCUT2D eigenvalue weighted by Gasteiger charge is -2.19. The SMILES string of the molecule is CCCOC(=O)c1cccc(NC(=O)CCCOc2ccc(C(C)(C)C)cc2)c1. The molecule has 0 aromatic heterocycles. The summed E-state index contributed by atoms with van der Waals surface area (Å²) in [6.45, 7) is 9.30. The third kappa shape index (κ3) is 7.60. The summed E-state index contributed by atoms with van der Waals surface area (Å²) in [5.41, 5.74) is 2.38. The van der Waals surface area contributed by atoms with E-state index in [1.165, 1.54) is 5.56 Å². The number of nitrogens with one attached hydrogen (secondary N) is 1. The van der Waals surface area contributed by atoms with Gasteiger partial charge in [0.15, 0.2) is 0 Å². The van der Waals surface area contributed by atoms with Gasteiger partial charge in [-0.3, -0.25) is 4.79 Å². The van der Waals surface area contributed by atoms with Crippen molar-refractivity contribution in [3.05, 3.63) is 59.7 Å². The lowest BCUT2D eigenvalue weighted by Crippen LogP contribution is -2.14. The zero-order valence-electron chi connectivity index (χ0n) is 17.8. The van der Waals surface area contributed by atoms with Crippen LogP contribution in [0, 0.1) is 0 Å². The number of hydrogen-bond acceptors (Lipinski definition) is 4. The highest BCUT2D eigenvalue weighted by Gasteiger charge is 2.13. The first-order valence-corrected chi connectivity index (χ1v) is 10.1. The minimum atomic E-state index is -0.381. The Morgan fingerprint density at radius 3 is 2.38 bits per heavy atom. The second-order valence-corrected chi connectivity index (χ2v) is 7.99. The van der Waals surface area contributed by atoms with Crippen molar-refractivity contribution in [1.82, 2.24) is 0 Å². The van der Waals surface area contributed by atoms with Gasteiger partial charge in [0.05, 0.1) is 18.8 Å². The largest absolute Gasteiger partial charge is 0.494 e. The second-order valence-electron chi connectivity index (χ2n) is 7.99. The van der Waals surface area contributed by atoms with Crippen LogP contribution in [0.4, 0.5) is 5.69 Å². The molecular weight excluding hydrogens is 366 g/mol. The van der Waals surface area contributed by atoms with Gasteiger partial charge >= 0.3 is 5.97 Å². The normalized spacial score (nSPS) is 11.0. The first kappa shape index (κ1) is 22.5. The van der Waals surface area contributed by atoms with Crippen LogP contribution in [0.5, 0.6) is 5.75 Å². The number of hydrogen-bond donors (Lipinski definition) is 1. The Hall–Kier alpha value is -2.82. The molecule has 0 aliphatic rings. The highest BCUT2D eigenvalue weighted by molar-refractivity contribution is 5.94. The summed E-state index contributed by atoms with van der Waals surface area (Å²) >= 11 is 0. The molecule has 0 heterocycles. The molecule has 2 aromatic carbocycles. The lowest BCUT2D eigenvalue weighted by atomic mass is 9.87. The van der Waals surface area contributed by atoms with Crippen molar-refractivity contribution < 1.29 is 19.1 Å². The Morgan fingerprint density at radius 2 is 1.72 bits per heavy atom. The number of ether oxygens (including phenoxy) is 2. The minimum Gasteiger partial charge on any atom is -0.494 e. The molecule has 0 fully saturated rings. The summed E-state index contributed by atoms with van der Waals surface area (Å²) in [4.78, 5) is 24.1. The van der Waals surface area contributed by atoms with Crippen molar-refractivity contribution in [2.24, 2.45) is 0 Å². The van der Waals surface area contributed by atoms with Crippen LogP contribution in [0.3, 0.4) is 0 Å². The van der Waals surface area contributed by atoms with Crippen LogP contribution in [0.15, 0.2) is 48.5 Å². The van der Waals surface area contributed by atoms with E-state index in [1.807, 2.05) is 19.1 Å². The first-order chi connectivity index (χ1) is 13.8. The fourth-order valence-corrected chi connectivity index (χ4v) is 2.70. The second kappa shape index (κ2) is 10.6. The van der Waals surface area contributed by atoms with E-state index in [-0.39, 0.29) is 17.3 Å². The van der Waals surface area contributed by atoms with Crippen LogP contribution in [-0.2, 0) is 14.9 Å². The van der Waals surface area contributed by atoms with E-state index < -0.39 is 0 Å². The number of amides is 1. The van der Waals surface area contributed by atoms with E-state index in [4.69, 9.17) is 9.47 Å². The molecule has 0 saturated carbocycles. The van der Waals surface area contributed by atoms with E-state index in [2.05, 4.69) is 38.2 Å². The van der Waals surface area contributed by atoms with Gasteiger partial charge in [-0.25, -0.2) is 4.79 Å². The van der Waals surface area contributed by atoms with Crippen LogP contribution >= 0.6 is 0 Å². The maximum atomic E-state index is 12.1. The predicted molar refractivity (Wildman–Crippen MR) is 116 cm³/mol. The standard InChI is InChI=1S/C24H31NO4/c1-5-15-29-23(27)18-8-6-9-20(17-18)25-22(26)10-7-16-28-21-13-11-19(12-14-21)24(2,3)4/h6,8-9,11-14,17H,5,7,10,15-16H2,1-4H3,(H,25,26). The molecule has 0 saturated heterocycles. The Bertz CT molecular complexity index is 806. The van der Waals surface area contributed by atoms with Crippen LogP contribution in [0.25, 0.3) is 0 Å². The number of carbonyl (C=O) groups is 2. The van der Waals surface area contributed by atoms with Crippen molar-refractivity contribution in [2.45, 2.75) is 52.4 Å². The number of benzene rings is 2. The van der Waals surface area contributed by atoms with Gasteiger partial charge in [-0.2, -0.15) is 0 Å². The quantitative estimate of drug-likeness (QED) is 0.458. The molecule has 2 aromatic rings. The van der Waals surface area contributed by atoms with Gasteiger partial charge < -0.3 is 14.8 Å². The molecule has 156 valence electrons. The van der Waals surface area contributed by atoms with E-state index in [0.29, 0.717) is 37.3 Å². The molecule has 0 unspecified atom stereocenters. The third-order valence-electron chi connectivity index (χ3n) is 4.36. The molecule has 5 heteroatoms. The van der Waals surface area contributed by atoms with Gasteiger partial charge in [-0.05, 0) is 54.2 Å². The average Bonchev–Trinajstić information content (AvgIpc) is 2.69. The average molecular weight is 398 g/mol. The highest BCUT2D eigenvalue weighted by atomic mass is 16.5. The molecule has 0 aliphatic carbocycles.